The van der Waals surface area contributed by atoms with Crippen molar-refractivity contribution in [2.45, 2.75) is 52.8 Å². The molecule has 6 nitrogen and oxygen atoms in total. The van der Waals surface area contributed by atoms with Crippen molar-refractivity contribution in [3.8, 4) is 0 Å². The standard InChI is InChI=1S/C20H26N4O2/c1-14-8-15(2)10-17(9-14)20(25)23-6-3-7-24-19(11-23)18(21-22-24)13-26-12-16-4-5-16/h8-10,16H,3-7,11-13H2,1-2H3. The fourth-order valence-corrected chi connectivity index (χ4v) is 3.57. The molecular weight excluding hydrogens is 328 g/mol. The van der Waals surface area contributed by atoms with Crippen LogP contribution in [-0.2, 0) is 24.4 Å². The minimum Gasteiger partial charge on any atom is -0.375 e. The number of fused-ring (bicyclic) bond motifs is 1. The molecule has 138 valence electrons. The zero-order chi connectivity index (χ0) is 18.1. The van der Waals surface area contributed by atoms with Crippen molar-refractivity contribution in [1.82, 2.24) is 19.9 Å². The second-order valence-corrected chi connectivity index (χ2v) is 7.62. The Morgan fingerprint density at radius 1 is 1.19 bits per heavy atom. The van der Waals surface area contributed by atoms with Crippen LogP contribution >= 0.6 is 0 Å². The van der Waals surface area contributed by atoms with Gasteiger partial charge in [0, 0.05) is 25.3 Å². The minimum absolute atomic E-state index is 0.0799. The van der Waals surface area contributed by atoms with Crippen LogP contribution in [0.25, 0.3) is 0 Å². The Morgan fingerprint density at radius 3 is 2.69 bits per heavy atom. The molecule has 0 unspecified atom stereocenters. The number of aryl methyl sites for hydroxylation is 3. The van der Waals surface area contributed by atoms with Crippen molar-refractivity contribution in [2.24, 2.45) is 5.92 Å². The lowest BCUT2D eigenvalue weighted by molar-refractivity contribution is 0.0741. The lowest BCUT2D eigenvalue weighted by atomic mass is 10.1. The third kappa shape index (κ3) is 3.80. The topological polar surface area (TPSA) is 60.2 Å². The van der Waals surface area contributed by atoms with Crippen molar-refractivity contribution in [3.05, 3.63) is 46.3 Å². The van der Waals surface area contributed by atoms with Crippen molar-refractivity contribution in [3.63, 3.8) is 0 Å². The van der Waals surface area contributed by atoms with Gasteiger partial charge in [-0.15, -0.1) is 5.10 Å². The van der Waals surface area contributed by atoms with E-state index in [-0.39, 0.29) is 5.91 Å². The number of hydrogen-bond acceptors (Lipinski definition) is 4. The van der Waals surface area contributed by atoms with Gasteiger partial charge in [-0.1, -0.05) is 22.4 Å². The molecular formula is C20H26N4O2. The summed E-state index contributed by atoms with van der Waals surface area (Å²) in [6.45, 7) is 7.41. The maximum Gasteiger partial charge on any atom is 0.254 e. The summed E-state index contributed by atoms with van der Waals surface area (Å²) in [6, 6.07) is 6.03. The molecule has 0 N–H and O–H groups in total. The maximum atomic E-state index is 13.1. The highest BCUT2D eigenvalue weighted by Crippen LogP contribution is 2.29. The van der Waals surface area contributed by atoms with E-state index in [0.717, 1.165) is 60.1 Å². The van der Waals surface area contributed by atoms with Gasteiger partial charge in [0.05, 0.1) is 18.8 Å². The zero-order valence-corrected chi connectivity index (χ0v) is 15.6. The molecule has 1 aromatic carbocycles. The molecule has 1 amide bonds. The Kier molecular flexibility index (Phi) is 4.76. The van der Waals surface area contributed by atoms with Gasteiger partial charge in [-0.2, -0.15) is 0 Å². The van der Waals surface area contributed by atoms with Crippen LogP contribution in [0.4, 0.5) is 0 Å². The molecule has 4 rings (SSSR count). The van der Waals surface area contributed by atoms with Crippen LogP contribution in [-0.4, -0.2) is 39.0 Å². The average molecular weight is 354 g/mol. The van der Waals surface area contributed by atoms with Crippen molar-refractivity contribution in [2.75, 3.05) is 13.2 Å². The normalized spacial score (nSPS) is 17.1. The van der Waals surface area contributed by atoms with Gasteiger partial charge in [0.2, 0.25) is 0 Å². The Morgan fingerprint density at radius 2 is 1.96 bits per heavy atom. The molecule has 1 aromatic heterocycles. The van der Waals surface area contributed by atoms with Crippen LogP contribution in [0.15, 0.2) is 18.2 Å². The minimum atomic E-state index is 0.0799. The molecule has 1 saturated carbocycles. The van der Waals surface area contributed by atoms with Gasteiger partial charge in [0.1, 0.15) is 5.69 Å². The molecule has 1 aliphatic carbocycles. The fraction of sp³-hybridized carbons (Fsp3) is 0.550. The van der Waals surface area contributed by atoms with Crippen LogP contribution in [0.5, 0.6) is 0 Å². The van der Waals surface area contributed by atoms with Gasteiger partial charge in [0.25, 0.3) is 5.91 Å². The number of ether oxygens (including phenoxy) is 1. The first-order valence-corrected chi connectivity index (χ1v) is 9.46. The van der Waals surface area contributed by atoms with E-state index in [4.69, 9.17) is 4.74 Å². The van der Waals surface area contributed by atoms with Gasteiger partial charge in [-0.25, -0.2) is 4.68 Å². The van der Waals surface area contributed by atoms with Gasteiger partial charge < -0.3 is 9.64 Å². The predicted octanol–water partition coefficient (Wildman–Crippen LogP) is 2.87. The van der Waals surface area contributed by atoms with E-state index >= 15 is 0 Å². The lowest BCUT2D eigenvalue weighted by Crippen LogP contribution is -2.31. The molecule has 0 saturated heterocycles. The highest BCUT2D eigenvalue weighted by molar-refractivity contribution is 5.94. The number of rotatable bonds is 5. The van der Waals surface area contributed by atoms with Crippen LogP contribution in [0.3, 0.4) is 0 Å². The number of benzene rings is 1. The van der Waals surface area contributed by atoms with E-state index in [1.165, 1.54) is 12.8 Å². The largest absolute Gasteiger partial charge is 0.375 e. The Labute approximate surface area is 154 Å². The summed E-state index contributed by atoms with van der Waals surface area (Å²) in [6.07, 6.45) is 3.44. The van der Waals surface area contributed by atoms with Crippen molar-refractivity contribution >= 4 is 5.91 Å². The van der Waals surface area contributed by atoms with E-state index in [1.54, 1.807) is 0 Å². The second kappa shape index (κ2) is 7.19. The molecule has 0 bridgehead atoms. The Bertz CT molecular complexity index is 790. The summed E-state index contributed by atoms with van der Waals surface area (Å²) in [7, 11) is 0. The highest BCUT2D eigenvalue weighted by Gasteiger charge is 2.25. The van der Waals surface area contributed by atoms with E-state index in [0.29, 0.717) is 13.2 Å². The molecule has 1 aliphatic heterocycles. The first-order chi connectivity index (χ1) is 12.6. The van der Waals surface area contributed by atoms with Crippen LogP contribution < -0.4 is 0 Å². The van der Waals surface area contributed by atoms with Crippen molar-refractivity contribution in [1.29, 1.82) is 0 Å². The number of carbonyl (C=O) groups is 1. The number of carbonyl (C=O) groups excluding carboxylic acids is 1. The number of nitrogens with zero attached hydrogens (tertiary/aromatic N) is 4. The van der Waals surface area contributed by atoms with E-state index < -0.39 is 0 Å². The first kappa shape index (κ1) is 17.2. The van der Waals surface area contributed by atoms with Crippen LogP contribution in [0.1, 0.15) is 52.1 Å². The SMILES string of the molecule is Cc1cc(C)cc(C(=O)N2CCCn3nnc(COCC4CC4)c3C2)c1. The fourth-order valence-electron chi connectivity index (χ4n) is 3.57. The number of aromatic nitrogens is 3. The van der Waals surface area contributed by atoms with Crippen molar-refractivity contribution < 1.29 is 9.53 Å². The monoisotopic (exact) mass is 354 g/mol. The third-order valence-corrected chi connectivity index (χ3v) is 5.10. The summed E-state index contributed by atoms with van der Waals surface area (Å²) in [4.78, 5) is 15.0. The Hall–Kier alpha value is -2.21. The van der Waals surface area contributed by atoms with Crippen LogP contribution in [0, 0.1) is 19.8 Å². The number of hydrogen-bond donors (Lipinski definition) is 0. The highest BCUT2D eigenvalue weighted by atomic mass is 16.5. The first-order valence-electron chi connectivity index (χ1n) is 9.46. The Balaban J connectivity index is 1.50. The quantitative estimate of drug-likeness (QED) is 0.828. The van der Waals surface area contributed by atoms with E-state index in [9.17, 15) is 4.79 Å². The molecule has 1 fully saturated rings. The van der Waals surface area contributed by atoms with Gasteiger partial charge in [-0.3, -0.25) is 4.79 Å². The van der Waals surface area contributed by atoms with Gasteiger partial charge in [-0.05, 0) is 51.2 Å². The number of amides is 1. The molecule has 0 radical (unpaired) electrons. The molecule has 6 heteroatoms. The van der Waals surface area contributed by atoms with Crippen LogP contribution in [0.2, 0.25) is 0 Å². The molecule has 2 heterocycles. The zero-order valence-electron chi connectivity index (χ0n) is 15.6. The molecule has 2 aliphatic rings. The summed E-state index contributed by atoms with van der Waals surface area (Å²) >= 11 is 0. The van der Waals surface area contributed by atoms with Gasteiger partial charge >= 0.3 is 0 Å². The van der Waals surface area contributed by atoms with E-state index in [1.807, 2.05) is 35.6 Å². The van der Waals surface area contributed by atoms with Gasteiger partial charge in [0.15, 0.2) is 0 Å². The summed E-state index contributed by atoms with van der Waals surface area (Å²) < 4.78 is 7.74. The smallest absolute Gasteiger partial charge is 0.254 e. The second-order valence-electron chi connectivity index (χ2n) is 7.62. The summed E-state index contributed by atoms with van der Waals surface area (Å²) in [5.74, 6) is 0.808. The average Bonchev–Trinajstić information content (AvgIpc) is 3.38. The molecule has 2 aromatic rings. The summed E-state index contributed by atoms with van der Waals surface area (Å²) in [5, 5.41) is 8.58. The third-order valence-electron chi connectivity index (χ3n) is 5.10. The summed E-state index contributed by atoms with van der Waals surface area (Å²) in [5.41, 5.74) is 4.87. The lowest BCUT2D eigenvalue weighted by Gasteiger charge is -2.21. The molecule has 0 atom stereocenters. The maximum absolute atomic E-state index is 13.1. The van der Waals surface area contributed by atoms with E-state index in [2.05, 4.69) is 16.4 Å². The molecule has 0 spiro atoms. The molecule has 26 heavy (non-hydrogen) atoms. The predicted molar refractivity (Wildman–Crippen MR) is 97.7 cm³/mol.